The standard InChI is InChI=1S/C32H23ClN6OS/c33-23-7-5-13-34-28(23)17-35-31(40)29-18-41-32(39-29)21-14-19(11-12-30-37-25-9-3-4-10-26(25)38-30)22-15-20-6-1-2-8-24(20)36-27(22)16-21/h1-10,13-16,18H,11-12,17H2,(H,35,40)(H,37,38). The molecule has 0 saturated heterocycles. The van der Waals surface area contributed by atoms with Crippen LogP contribution in [0.5, 0.6) is 0 Å². The van der Waals surface area contributed by atoms with Crippen LogP contribution in [0, 0.1) is 0 Å². The molecule has 0 aliphatic rings. The van der Waals surface area contributed by atoms with Crippen LogP contribution in [0.1, 0.15) is 27.6 Å². The molecule has 9 heteroatoms. The van der Waals surface area contributed by atoms with Gasteiger partial charge in [-0.1, -0.05) is 41.9 Å². The number of carbonyl (C=O) groups is 1. The number of halogens is 1. The fourth-order valence-electron chi connectivity index (χ4n) is 4.97. The van der Waals surface area contributed by atoms with Gasteiger partial charge in [0.1, 0.15) is 16.5 Å². The van der Waals surface area contributed by atoms with E-state index in [1.807, 2.05) is 42.5 Å². The number of carbonyl (C=O) groups excluding carboxylic acids is 1. The predicted octanol–water partition coefficient (Wildman–Crippen LogP) is 7.15. The first-order valence-electron chi connectivity index (χ1n) is 13.2. The molecule has 1 amide bonds. The highest BCUT2D eigenvalue weighted by molar-refractivity contribution is 7.13. The number of thiazole rings is 1. The maximum absolute atomic E-state index is 12.9. The SMILES string of the molecule is O=C(NCc1ncccc1Cl)c1csc(-c2cc(CCc3nc4ccccc4[nH]3)c3cc4ccccc4nc3c2)n1. The number of aromatic amines is 1. The van der Waals surface area contributed by atoms with Crippen molar-refractivity contribution in [2.45, 2.75) is 19.4 Å². The molecule has 0 bridgehead atoms. The molecule has 7 nitrogen and oxygen atoms in total. The van der Waals surface area contributed by atoms with Crippen LogP contribution >= 0.6 is 22.9 Å². The summed E-state index contributed by atoms with van der Waals surface area (Å²) in [6, 6.07) is 26.1. The summed E-state index contributed by atoms with van der Waals surface area (Å²) in [5.74, 6) is 0.670. The number of hydrogen-bond acceptors (Lipinski definition) is 6. The Morgan fingerprint density at radius 1 is 0.878 bits per heavy atom. The minimum absolute atomic E-state index is 0.226. The Morgan fingerprint density at radius 3 is 2.61 bits per heavy atom. The molecule has 4 heterocycles. The Bertz CT molecular complexity index is 2030. The molecule has 2 N–H and O–H groups in total. The molecule has 0 unspecified atom stereocenters. The Balaban J connectivity index is 1.21. The third-order valence-electron chi connectivity index (χ3n) is 7.03. The fourth-order valence-corrected chi connectivity index (χ4v) is 5.95. The van der Waals surface area contributed by atoms with Gasteiger partial charge in [-0.05, 0) is 60.5 Å². The largest absolute Gasteiger partial charge is 0.345 e. The second kappa shape index (κ2) is 10.7. The van der Waals surface area contributed by atoms with Crippen LogP contribution in [0.3, 0.4) is 0 Å². The first-order valence-corrected chi connectivity index (χ1v) is 14.5. The van der Waals surface area contributed by atoms with Crippen LogP contribution in [-0.2, 0) is 19.4 Å². The highest BCUT2D eigenvalue weighted by Gasteiger charge is 2.16. The van der Waals surface area contributed by atoms with Crippen molar-refractivity contribution < 1.29 is 4.79 Å². The quantitative estimate of drug-likeness (QED) is 0.197. The average Bonchev–Trinajstić information content (AvgIpc) is 3.66. The van der Waals surface area contributed by atoms with Crippen molar-refractivity contribution in [2.75, 3.05) is 0 Å². The zero-order chi connectivity index (χ0) is 27.8. The van der Waals surface area contributed by atoms with Crippen molar-refractivity contribution in [1.82, 2.24) is 30.2 Å². The molecule has 3 aromatic carbocycles. The molecular formula is C32H23ClN6OS. The monoisotopic (exact) mass is 574 g/mol. The Labute approximate surface area is 244 Å². The number of imidazole rings is 1. The van der Waals surface area contributed by atoms with Gasteiger partial charge in [0.15, 0.2) is 0 Å². The molecule has 0 fully saturated rings. The van der Waals surface area contributed by atoms with Gasteiger partial charge in [0.2, 0.25) is 0 Å². The van der Waals surface area contributed by atoms with Gasteiger partial charge in [-0.2, -0.15) is 0 Å². The van der Waals surface area contributed by atoms with Gasteiger partial charge >= 0.3 is 0 Å². The van der Waals surface area contributed by atoms with E-state index in [1.165, 1.54) is 11.3 Å². The van der Waals surface area contributed by atoms with Crippen LogP contribution in [0.15, 0.2) is 90.4 Å². The van der Waals surface area contributed by atoms with Crippen molar-refractivity contribution >= 4 is 61.7 Å². The maximum Gasteiger partial charge on any atom is 0.271 e. The van der Waals surface area contributed by atoms with Crippen LogP contribution in [-0.4, -0.2) is 30.8 Å². The van der Waals surface area contributed by atoms with E-state index in [9.17, 15) is 4.79 Å². The average molecular weight is 575 g/mol. The van der Waals surface area contributed by atoms with E-state index >= 15 is 0 Å². The molecule has 7 aromatic rings. The normalized spacial score (nSPS) is 11.4. The molecule has 200 valence electrons. The Hall–Kier alpha value is -4.66. The number of rotatable bonds is 7. The van der Waals surface area contributed by atoms with Crippen molar-refractivity contribution in [3.05, 3.63) is 118 Å². The number of hydrogen-bond donors (Lipinski definition) is 2. The minimum atomic E-state index is -0.274. The number of benzene rings is 3. The summed E-state index contributed by atoms with van der Waals surface area (Å²) in [7, 11) is 0. The summed E-state index contributed by atoms with van der Waals surface area (Å²) >= 11 is 7.62. The smallest absolute Gasteiger partial charge is 0.271 e. The van der Waals surface area contributed by atoms with Gasteiger partial charge in [0.05, 0.1) is 39.3 Å². The number of pyridine rings is 2. The van der Waals surface area contributed by atoms with E-state index in [2.05, 4.69) is 44.5 Å². The van der Waals surface area contributed by atoms with E-state index in [4.69, 9.17) is 21.6 Å². The van der Waals surface area contributed by atoms with E-state index < -0.39 is 0 Å². The van der Waals surface area contributed by atoms with Crippen LogP contribution in [0.2, 0.25) is 5.02 Å². The summed E-state index contributed by atoms with van der Waals surface area (Å²) in [5.41, 5.74) is 6.88. The molecule has 0 aliphatic heterocycles. The fraction of sp³-hybridized carbons (Fsp3) is 0.0938. The molecule has 41 heavy (non-hydrogen) atoms. The molecule has 0 atom stereocenters. The molecule has 0 radical (unpaired) electrons. The number of amides is 1. The second-order valence-corrected chi connectivity index (χ2v) is 11.0. The van der Waals surface area contributed by atoms with Crippen molar-refractivity contribution in [2.24, 2.45) is 0 Å². The molecule has 0 aliphatic carbocycles. The lowest BCUT2D eigenvalue weighted by molar-refractivity contribution is 0.0946. The molecule has 0 spiro atoms. The third-order valence-corrected chi connectivity index (χ3v) is 8.26. The van der Waals surface area contributed by atoms with E-state index in [0.717, 1.165) is 67.6 Å². The molecule has 7 rings (SSSR count). The summed E-state index contributed by atoms with van der Waals surface area (Å²) in [4.78, 5) is 35.0. The number of nitrogens with one attached hydrogen (secondary N) is 2. The first-order chi connectivity index (χ1) is 20.1. The second-order valence-electron chi connectivity index (χ2n) is 9.74. The van der Waals surface area contributed by atoms with Gasteiger partial charge in [0, 0.05) is 34.3 Å². The molecular weight excluding hydrogens is 552 g/mol. The van der Waals surface area contributed by atoms with E-state index in [-0.39, 0.29) is 12.5 Å². The zero-order valence-corrected chi connectivity index (χ0v) is 23.3. The maximum atomic E-state index is 12.9. The lowest BCUT2D eigenvalue weighted by Crippen LogP contribution is -2.23. The van der Waals surface area contributed by atoms with Gasteiger partial charge in [-0.15, -0.1) is 11.3 Å². The number of aryl methyl sites for hydroxylation is 2. The lowest BCUT2D eigenvalue weighted by atomic mass is 9.99. The highest BCUT2D eigenvalue weighted by atomic mass is 35.5. The number of aromatic nitrogens is 5. The number of fused-ring (bicyclic) bond motifs is 3. The third kappa shape index (κ3) is 5.15. The summed E-state index contributed by atoms with van der Waals surface area (Å²) in [5, 5.41) is 8.11. The Morgan fingerprint density at radius 2 is 1.73 bits per heavy atom. The molecule has 0 saturated carbocycles. The van der Waals surface area contributed by atoms with Gasteiger partial charge in [0.25, 0.3) is 5.91 Å². The topological polar surface area (TPSA) is 96.5 Å². The van der Waals surface area contributed by atoms with Gasteiger partial charge in [-0.3, -0.25) is 9.78 Å². The lowest BCUT2D eigenvalue weighted by Gasteiger charge is -2.10. The Kier molecular flexibility index (Phi) is 6.62. The van der Waals surface area contributed by atoms with Crippen LogP contribution in [0.25, 0.3) is 43.4 Å². The highest BCUT2D eigenvalue weighted by Crippen LogP contribution is 2.32. The van der Waals surface area contributed by atoms with Crippen molar-refractivity contribution in [3.63, 3.8) is 0 Å². The zero-order valence-electron chi connectivity index (χ0n) is 21.8. The van der Waals surface area contributed by atoms with Gasteiger partial charge in [-0.25, -0.2) is 15.0 Å². The van der Waals surface area contributed by atoms with E-state index in [1.54, 1.807) is 23.7 Å². The first kappa shape index (κ1) is 25.3. The van der Waals surface area contributed by atoms with Crippen LogP contribution < -0.4 is 5.32 Å². The number of nitrogens with zero attached hydrogens (tertiary/aromatic N) is 4. The van der Waals surface area contributed by atoms with Crippen molar-refractivity contribution in [1.29, 1.82) is 0 Å². The van der Waals surface area contributed by atoms with Crippen molar-refractivity contribution in [3.8, 4) is 10.6 Å². The van der Waals surface area contributed by atoms with E-state index in [0.29, 0.717) is 16.4 Å². The summed E-state index contributed by atoms with van der Waals surface area (Å²) < 4.78 is 0. The number of H-pyrrole nitrogens is 1. The predicted molar refractivity (Wildman–Crippen MR) is 164 cm³/mol. The summed E-state index contributed by atoms with van der Waals surface area (Å²) in [6.07, 6.45) is 3.17. The number of para-hydroxylation sites is 3. The molecule has 4 aromatic heterocycles. The summed E-state index contributed by atoms with van der Waals surface area (Å²) in [6.45, 7) is 0.226. The van der Waals surface area contributed by atoms with Gasteiger partial charge < -0.3 is 10.3 Å². The van der Waals surface area contributed by atoms with Crippen LogP contribution in [0.4, 0.5) is 0 Å². The minimum Gasteiger partial charge on any atom is -0.345 e.